The Bertz CT molecular complexity index is 733. The quantitative estimate of drug-likeness (QED) is 0.847. The van der Waals surface area contributed by atoms with E-state index in [0.29, 0.717) is 11.6 Å². The van der Waals surface area contributed by atoms with Crippen LogP contribution in [0.15, 0.2) is 24.3 Å². The number of nitrogens with zero attached hydrogens (tertiary/aromatic N) is 1. The highest BCUT2D eigenvalue weighted by Gasteiger charge is 2.28. The Balaban J connectivity index is 1.73. The Morgan fingerprint density at radius 3 is 2.64 bits per heavy atom. The number of ketones is 1. The Morgan fingerprint density at radius 1 is 1.27 bits per heavy atom. The fraction of sp³-hybridized carbons (Fsp3) is 0.353. The zero-order chi connectivity index (χ0) is 15.9. The van der Waals surface area contributed by atoms with Crippen molar-refractivity contribution in [3.8, 4) is 0 Å². The van der Waals surface area contributed by atoms with Crippen LogP contribution in [0.4, 0.5) is 14.5 Å². The normalized spacial score (nSPS) is 14.2. The smallest absolute Gasteiger partial charge is 0.183 e. The van der Waals surface area contributed by atoms with Gasteiger partial charge in [0.1, 0.15) is 11.6 Å². The second kappa shape index (κ2) is 5.55. The summed E-state index contributed by atoms with van der Waals surface area (Å²) in [5.74, 6) is -1.43. The molecule has 1 aliphatic rings. The van der Waals surface area contributed by atoms with E-state index in [1.165, 1.54) is 6.07 Å². The monoisotopic (exact) mass is 304 g/mol. The van der Waals surface area contributed by atoms with Gasteiger partial charge in [0.2, 0.25) is 0 Å². The molecule has 1 aliphatic carbocycles. The van der Waals surface area contributed by atoms with Crippen LogP contribution in [0.3, 0.4) is 0 Å². The average Bonchev–Trinajstić information content (AvgIpc) is 3.24. The van der Waals surface area contributed by atoms with Crippen molar-refractivity contribution in [2.45, 2.75) is 32.7 Å². The van der Waals surface area contributed by atoms with Crippen molar-refractivity contribution in [2.75, 3.05) is 11.9 Å². The van der Waals surface area contributed by atoms with E-state index in [0.717, 1.165) is 36.4 Å². The molecule has 1 N–H and O–H groups in total. The maximum absolute atomic E-state index is 13.5. The van der Waals surface area contributed by atoms with Gasteiger partial charge < -0.3 is 9.88 Å². The van der Waals surface area contributed by atoms with Gasteiger partial charge in [-0.05, 0) is 44.9 Å². The lowest BCUT2D eigenvalue weighted by Gasteiger charge is -2.09. The number of nitrogens with one attached hydrogen (secondary N) is 1. The summed E-state index contributed by atoms with van der Waals surface area (Å²) in [7, 11) is 0. The lowest BCUT2D eigenvalue weighted by atomic mass is 10.1. The molecule has 2 aromatic rings. The van der Waals surface area contributed by atoms with Gasteiger partial charge in [0.05, 0.1) is 12.2 Å². The third-order valence-corrected chi connectivity index (χ3v) is 4.07. The molecule has 116 valence electrons. The van der Waals surface area contributed by atoms with Crippen LogP contribution in [-0.2, 0) is 0 Å². The molecule has 3 nitrogen and oxygen atoms in total. The van der Waals surface area contributed by atoms with Gasteiger partial charge in [-0.2, -0.15) is 0 Å². The molecule has 1 aromatic carbocycles. The number of anilines is 1. The highest BCUT2D eigenvalue weighted by molar-refractivity contribution is 6.00. The third-order valence-electron chi connectivity index (χ3n) is 4.07. The predicted molar refractivity (Wildman–Crippen MR) is 81.4 cm³/mol. The Morgan fingerprint density at radius 2 is 2.00 bits per heavy atom. The number of hydrogen-bond acceptors (Lipinski definition) is 2. The van der Waals surface area contributed by atoms with E-state index in [-0.39, 0.29) is 18.0 Å². The number of carbonyl (C=O) groups excluding carboxylic acids is 1. The molecule has 3 rings (SSSR count). The molecule has 1 aromatic heterocycles. The Hall–Kier alpha value is -2.17. The number of halogens is 2. The second-order valence-corrected chi connectivity index (χ2v) is 5.79. The molecule has 1 saturated carbocycles. The van der Waals surface area contributed by atoms with Crippen molar-refractivity contribution in [3.05, 3.63) is 52.9 Å². The number of Topliss-reactive ketones (excluding diaryl/α,β-unsaturated/α-hetero) is 1. The lowest BCUT2D eigenvalue weighted by Crippen LogP contribution is -2.15. The number of aromatic nitrogens is 1. The van der Waals surface area contributed by atoms with Gasteiger partial charge in [0.15, 0.2) is 5.78 Å². The molecule has 0 bridgehead atoms. The molecule has 22 heavy (non-hydrogen) atoms. The first-order chi connectivity index (χ1) is 10.5. The van der Waals surface area contributed by atoms with Crippen molar-refractivity contribution in [1.82, 2.24) is 4.57 Å². The second-order valence-electron chi connectivity index (χ2n) is 5.79. The summed E-state index contributed by atoms with van der Waals surface area (Å²) < 4.78 is 28.6. The Kier molecular flexibility index (Phi) is 3.72. The average molecular weight is 304 g/mol. The summed E-state index contributed by atoms with van der Waals surface area (Å²) in [5.41, 5.74) is 2.84. The molecular formula is C17H18F2N2O. The number of benzene rings is 1. The van der Waals surface area contributed by atoms with Gasteiger partial charge in [0.25, 0.3) is 0 Å². The SMILES string of the molecule is Cc1cc(C(=O)CNc2ccc(F)cc2F)c(C)n1C1CC1. The molecule has 0 unspecified atom stereocenters. The third kappa shape index (κ3) is 2.75. The van der Waals surface area contributed by atoms with E-state index in [2.05, 4.69) is 9.88 Å². The summed E-state index contributed by atoms with van der Waals surface area (Å²) in [5, 5.41) is 2.74. The molecule has 1 fully saturated rings. The maximum atomic E-state index is 13.5. The van der Waals surface area contributed by atoms with Crippen LogP contribution < -0.4 is 5.32 Å². The van der Waals surface area contributed by atoms with Crippen LogP contribution in [0.1, 0.15) is 40.6 Å². The zero-order valence-electron chi connectivity index (χ0n) is 12.6. The van der Waals surface area contributed by atoms with E-state index in [4.69, 9.17) is 0 Å². The largest absolute Gasteiger partial charge is 0.375 e. The number of aryl methyl sites for hydroxylation is 1. The summed E-state index contributed by atoms with van der Waals surface area (Å²) in [4.78, 5) is 12.4. The maximum Gasteiger partial charge on any atom is 0.183 e. The minimum Gasteiger partial charge on any atom is -0.375 e. The molecule has 0 amide bonds. The van der Waals surface area contributed by atoms with E-state index < -0.39 is 11.6 Å². The number of hydrogen-bond donors (Lipinski definition) is 1. The van der Waals surface area contributed by atoms with E-state index in [1.807, 2.05) is 19.9 Å². The molecule has 0 atom stereocenters. The molecule has 0 saturated heterocycles. The summed E-state index contributed by atoms with van der Waals surface area (Å²) in [6.45, 7) is 3.92. The van der Waals surface area contributed by atoms with Gasteiger partial charge in [-0.3, -0.25) is 4.79 Å². The van der Waals surface area contributed by atoms with Gasteiger partial charge in [-0.1, -0.05) is 0 Å². The molecule has 5 heteroatoms. The standard InChI is InChI=1S/C17H18F2N2O/c1-10-7-14(11(2)21(10)13-4-5-13)17(22)9-20-16-6-3-12(18)8-15(16)19/h3,6-8,13,20H,4-5,9H2,1-2H3. The first kappa shape index (κ1) is 14.8. The summed E-state index contributed by atoms with van der Waals surface area (Å²) in [6.07, 6.45) is 2.31. The van der Waals surface area contributed by atoms with Gasteiger partial charge in [0, 0.05) is 29.1 Å². The van der Waals surface area contributed by atoms with Crippen LogP contribution in [-0.4, -0.2) is 16.9 Å². The molecule has 0 aliphatic heterocycles. The van der Waals surface area contributed by atoms with Gasteiger partial charge in [-0.15, -0.1) is 0 Å². The van der Waals surface area contributed by atoms with Crippen LogP contribution in [0.2, 0.25) is 0 Å². The fourth-order valence-corrected chi connectivity index (χ4v) is 2.86. The van der Waals surface area contributed by atoms with Crippen LogP contribution >= 0.6 is 0 Å². The van der Waals surface area contributed by atoms with E-state index >= 15 is 0 Å². The predicted octanol–water partition coefficient (Wildman–Crippen LogP) is 4.01. The van der Waals surface area contributed by atoms with E-state index in [9.17, 15) is 13.6 Å². The van der Waals surface area contributed by atoms with Crippen molar-refractivity contribution >= 4 is 11.5 Å². The highest BCUT2D eigenvalue weighted by Crippen LogP contribution is 2.38. The van der Waals surface area contributed by atoms with Crippen molar-refractivity contribution in [3.63, 3.8) is 0 Å². The van der Waals surface area contributed by atoms with Gasteiger partial charge in [-0.25, -0.2) is 8.78 Å². The highest BCUT2D eigenvalue weighted by atomic mass is 19.1. The summed E-state index contributed by atoms with van der Waals surface area (Å²) >= 11 is 0. The minimum atomic E-state index is -0.698. The topological polar surface area (TPSA) is 34.0 Å². The van der Waals surface area contributed by atoms with Crippen molar-refractivity contribution < 1.29 is 13.6 Å². The molecule has 0 radical (unpaired) electrons. The first-order valence-electron chi connectivity index (χ1n) is 7.38. The number of carbonyl (C=O) groups is 1. The van der Waals surface area contributed by atoms with Crippen molar-refractivity contribution in [2.24, 2.45) is 0 Å². The summed E-state index contributed by atoms with van der Waals surface area (Å²) in [6, 6.07) is 5.66. The van der Waals surface area contributed by atoms with Gasteiger partial charge >= 0.3 is 0 Å². The lowest BCUT2D eigenvalue weighted by molar-refractivity contribution is 0.101. The Labute approximate surface area is 127 Å². The zero-order valence-corrected chi connectivity index (χ0v) is 12.6. The first-order valence-corrected chi connectivity index (χ1v) is 7.38. The van der Waals surface area contributed by atoms with E-state index in [1.54, 1.807) is 0 Å². The molecule has 0 spiro atoms. The van der Waals surface area contributed by atoms with Crippen LogP contribution in [0, 0.1) is 25.5 Å². The minimum absolute atomic E-state index is 0.0164. The van der Waals surface area contributed by atoms with Crippen molar-refractivity contribution in [1.29, 1.82) is 0 Å². The molecular weight excluding hydrogens is 286 g/mol. The number of rotatable bonds is 5. The van der Waals surface area contributed by atoms with Crippen LogP contribution in [0.5, 0.6) is 0 Å². The van der Waals surface area contributed by atoms with Crippen LogP contribution in [0.25, 0.3) is 0 Å². The molecule has 1 heterocycles. The fourth-order valence-electron chi connectivity index (χ4n) is 2.86.